The molecule has 0 unspecified atom stereocenters. The third-order valence-corrected chi connectivity index (χ3v) is 2.15. The molecule has 0 spiro atoms. The molecule has 1 N–H and O–H groups in total. The van der Waals surface area contributed by atoms with Crippen molar-refractivity contribution in [3.05, 3.63) is 53.1 Å². The number of hydrogen-bond acceptors (Lipinski definition) is 2. The minimum Gasteiger partial charge on any atom is -0.340 e. The molecule has 82 valence electrons. The van der Waals surface area contributed by atoms with Crippen molar-refractivity contribution < 1.29 is 13.6 Å². The van der Waals surface area contributed by atoms with Crippen molar-refractivity contribution in [3.63, 3.8) is 0 Å². The number of carbonyl (C=O) groups is 1. The van der Waals surface area contributed by atoms with Crippen molar-refractivity contribution in [3.8, 4) is 0 Å². The summed E-state index contributed by atoms with van der Waals surface area (Å²) < 4.78 is 25.9. The predicted molar refractivity (Wildman–Crippen MR) is 53.1 cm³/mol. The molecule has 5 heteroatoms. The van der Waals surface area contributed by atoms with Gasteiger partial charge in [-0.2, -0.15) is 0 Å². The summed E-state index contributed by atoms with van der Waals surface area (Å²) >= 11 is 0. The van der Waals surface area contributed by atoms with Crippen molar-refractivity contribution >= 4 is 6.29 Å². The van der Waals surface area contributed by atoms with Crippen LogP contribution in [0.15, 0.2) is 24.4 Å². The van der Waals surface area contributed by atoms with E-state index in [2.05, 4.69) is 9.97 Å². The van der Waals surface area contributed by atoms with Gasteiger partial charge in [0.15, 0.2) is 6.29 Å². The van der Waals surface area contributed by atoms with Gasteiger partial charge >= 0.3 is 0 Å². The summed E-state index contributed by atoms with van der Waals surface area (Å²) in [4.78, 5) is 17.0. The highest BCUT2D eigenvalue weighted by Gasteiger charge is 2.07. The molecule has 0 atom stereocenters. The minimum atomic E-state index is -0.621. The lowest BCUT2D eigenvalue weighted by atomic mass is 10.1. The number of benzene rings is 1. The Balaban J connectivity index is 2.23. The summed E-state index contributed by atoms with van der Waals surface area (Å²) in [7, 11) is 0. The Labute approximate surface area is 90.1 Å². The van der Waals surface area contributed by atoms with E-state index >= 15 is 0 Å². The van der Waals surface area contributed by atoms with E-state index in [0.717, 1.165) is 6.07 Å². The molecular formula is C11H8F2N2O. The molecule has 16 heavy (non-hydrogen) atoms. The van der Waals surface area contributed by atoms with E-state index in [1.165, 1.54) is 18.3 Å². The Morgan fingerprint density at radius 3 is 2.81 bits per heavy atom. The molecule has 0 saturated heterocycles. The van der Waals surface area contributed by atoms with Gasteiger partial charge in [0.2, 0.25) is 0 Å². The fourth-order valence-corrected chi connectivity index (χ4v) is 1.37. The van der Waals surface area contributed by atoms with E-state index in [4.69, 9.17) is 0 Å². The molecule has 0 amide bonds. The fourth-order valence-electron chi connectivity index (χ4n) is 1.37. The van der Waals surface area contributed by atoms with Crippen LogP contribution < -0.4 is 0 Å². The molecule has 1 aromatic carbocycles. The monoisotopic (exact) mass is 222 g/mol. The van der Waals surface area contributed by atoms with Gasteiger partial charge in [0.1, 0.15) is 17.5 Å². The average molecular weight is 222 g/mol. The molecule has 2 rings (SSSR count). The van der Waals surface area contributed by atoms with Crippen LogP contribution in [0.4, 0.5) is 8.78 Å². The molecular weight excluding hydrogens is 214 g/mol. The third-order valence-electron chi connectivity index (χ3n) is 2.15. The van der Waals surface area contributed by atoms with Gasteiger partial charge in [0, 0.05) is 12.5 Å². The fraction of sp³-hybridized carbons (Fsp3) is 0.0909. The maximum atomic E-state index is 13.3. The second kappa shape index (κ2) is 4.22. The molecule has 2 aromatic rings. The van der Waals surface area contributed by atoms with Gasteiger partial charge in [-0.15, -0.1) is 0 Å². The van der Waals surface area contributed by atoms with Crippen LogP contribution in [0.2, 0.25) is 0 Å². The number of nitrogens with one attached hydrogen (secondary N) is 1. The lowest BCUT2D eigenvalue weighted by Gasteiger charge is -2.00. The van der Waals surface area contributed by atoms with Gasteiger partial charge < -0.3 is 4.98 Å². The molecule has 0 bridgehead atoms. The Kier molecular flexibility index (Phi) is 2.76. The summed E-state index contributed by atoms with van der Waals surface area (Å²) in [6, 6.07) is 3.36. The summed E-state index contributed by atoms with van der Waals surface area (Å²) in [5.74, 6) is -0.772. The highest BCUT2D eigenvalue weighted by Crippen LogP contribution is 2.12. The van der Waals surface area contributed by atoms with Crippen molar-refractivity contribution in [1.29, 1.82) is 0 Å². The Bertz CT molecular complexity index is 522. The van der Waals surface area contributed by atoms with Gasteiger partial charge in [-0.3, -0.25) is 4.79 Å². The molecule has 3 nitrogen and oxygen atoms in total. The number of imidazole rings is 1. The third kappa shape index (κ3) is 2.13. The number of aldehydes is 1. The highest BCUT2D eigenvalue weighted by atomic mass is 19.1. The van der Waals surface area contributed by atoms with E-state index in [1.54, 1.807) is 0 Å². The SMILES string of the molecule is O=Cc1cnc(Cc2ccc(F)cc2F)[nH]1. The number of aromatic nitrogens is 2. The van der Waals surface area contributed by atoms with E-state index in [-0.39, 0.29) is 6.42 Å². The predicted octanol–water partition coefficient (Wildman–Crippen LogP) is 2.09. The van der Waals surface area contributed by atoms with Crippen LogP contribution in [-0.2, 0) is 6.42 Å². The van der Waals surface area contributed by atoms with Crippen molar-refractivity contribution in [2.45, 2.75) is 6.42 Å². The van der Waals surface area contributed by atoms with Crippen LogP contribution in [0, 0.1) is 11.6 Å². The largest absolute Gasteiger partial charge is 0.340 e. The van der Waals surface area contributed by atoms with Crippen molar-refractivity contribution in [2.75, 3.05) is 0 Å². The molecule has 0 radical (unpaired) electrons. The zero-order valence-electron chi connectivity index (χ0n) is 8.21. The lowest BCUT2D eigenvalue weighted by molar-refractivity contribution is 0.111. The first-order chi connectivity index (χ1) is 7.69. The first-order valence-corrected chi connectivity index (χ1v) is 4.62. The van der Waals surface area contributed by atoms with Gasteiger partial charge in [-0.1, -0.05) is 6.07 Å². The van der Waals surface area contributed by atoms with E-state index < -0.39 is 11.6 Å². The topological polar surface area (TPSA) is 45.8 Å². The van der Waals surface area contributed by atoms with Gasteiger partial charge in [-0.05, 0) is 11.6 Å². The van der Waals surface area contributed by atoms with Crippen molar-refractivity contribution in [1.82, 2.24) is 9.97 Å². The first kappa shape index (κ1) is 10.5. The number of nitrogens with zero attached hydrogens (tertiary/aromatic N) is 1. The summed E-state index contributed by atoms with van der Waals surface area (Å²) in [5, 5.41) is 0. The molecule has 0 aliphatic rings. The number of halogens is 2. The lowest BCUT2D eigenvalue weighted by Crippen LogP contribution is -1.95. The minimum absolute atomic E-state index is 0.194. The summed E-state index contributed by atoms with van der Waals surface area (Å²) in [6.45, 7) is 0. The number of carbonyl (C=O) groups excluding carboxylic acids is 1. The maximum Gasteiger partial charge on any atom is 0.167 e. The molecule has 0 aliphatic heterocycles. The quantitative estimate of drug-likeness (QED) is 0.808. The van der Waals surface area contributed by atoms with Crippen LogP contribution in [-0.4, -0.2) is 16.3 Å². The van der Waals surface area contributed by atoms with Crippen LogP contribution in [0.3, 0.4) is 0 Å². The standard InChI is InChI=1S/C11H8F2N2O/c12-8-2-1-7(10(13)4-8)3-11-14-5-9(6-16)15-11/h1-2,4-6H,3H2,(H,14,15). The van der Waals surface area contributed by atoms with Crippen molar-refractivity contribution in [2.24, 2.45) is 0 Å². The zero-order valence-corrected chi connectivity index (χ0v) is 8.21. The number of hydrogen-bond donors (Lipinski definition) is 1. The average Bonchev–Trinajstić information content (AvgIpc) is 2.70. The summed E-state index contributed by atoms with van der Waals surface area (Å²) in [6.07, 6.45) is 2.18. The van der Waals surface area contributed by atoms with E-state index in [9.17, 15) is 13.6 Å². The molecule has 1 aromatic heterocycles. The van der Waals surface area contributed by atoms with E-state index in [0.29, 0.717) is 23.4 Å². The summed E-state index contributed by atoms with van der Waals surface area (Å²) in [5.41, 5.74) is 0.658. The Hall–Kier alpha value is -2.04. The second-order valence-electron chi connectivity index (χ2n) is 3.32. The van der Waals surface area contributed by atoms with Gasteiger partial charge in [-0.25, -0.2) is 13.8 Å². The van der Waals surface area contributed by atoms with E-state index in [1.807, 2.05) is 0 Å². The number of H-pyrrole nitrogens is 1. The Morgan fingerprint density at radius 2 is 2.19 bits per heavy atom. The molecule has 1 heterocycles. The molecule has 0 aliphatic carbocycles. The van der Waals surface area contributed by atoms with Crippen LogP contribution in [0.1, 0.15) is 21.9 Å². The first-order valence-electron chi connectivity index (χ1n) is 4.62. The molecule has 0 saturated carbocycles. The highest BCUT2D eigenvalue weighted by molar-refractivity contribution is 5.71. The smallest absolute Gasteiger partial charge is 0.167 e. The molecule has 0 fully saturated rings. The van der Waals surface area contributed by atoms with Gasteiger partial charge in [0.25, 0.3) is 0 Å². The number of aromatic amines is 1. The van der Waals surface area contributed by atoms with Gasteiger partial charge in [0.05, 0.1) is 11.9 Å². The Morgan fingerprint density at radius 1 is 1.38 bits per heavy atom. The van der Waals surface area contributed by atoms with Crippen LogP contribution in [0.25, 0.3) is 0 Å². The maximum absolute atomic E-state index is 13.3. The van der Waals surface area contributed by atoms with Crippen LogP contribution >= 0.6 is 0 Å². The van der Waals surface area contributed by atoms with Crippen LogP contribution in [0.5, 0.6) is 0 Å². The second-order valence-corrected chi connectivity index (χ2v) is 3.32. The number of rotatable bonds is 3. The zero-order chi connectivity index (χ0) is 11.5. The normalized spacial score (nSPS) is 10.4.